The number of carbonyl (C=O) groups excluding carboxylic acids is 2. The van der Waals surface area contributed by atoms with E-state index >= 15 is 0 Å². The van der Waals surface area contributed by atoms with E-state index in [2.05, 4.69) is 50.3 Å². The van der Waals surface area contributed by atoms with Crippen LogP contribution in [0.15, 0.2) is 36.5 Å². The van der Waals surface area contributed by atoms with Crippen LogP contribution in [0.5, 0.6) is 0 Å². The first-order valence-corrected chi connectivity index (χ1v) is 25.2. The summed E-state index contributed by atoms with van der Waals surface area (Å²) in [6.07, 6.45) is 46.1. The smallest absolute Gasteiger partial charge is 0.462 e. The van der Waals surface area contributed by atoms with E-state index in [9.17, 15) is 19.0 Å². The zero-order valence-electron chi connectivity index (χ0n) is 38.3. The molecular weight excluding hydrogens is 750 g/mol. The fraction of sp³-hybridized carbons (Fsp3) is 0.833. The Kier molecular flexibility index (Phi) is 39.4. The molecular formula is C48H91NO8P+. The van der Waals surface area contributed by atoms with E-state index in [0.29, 0.717) is 17.4 Å². The lowest BCUT2D eigenvalue weighted by Gasteiger charge is -2.24. The molecule has 0 aromatic heterocycles. The Hall–Kier alpha value is -1.77. The molecule has 0 aromatic rings. The van der Waals surface area contributed by atoms with Crippen molar-refractivity contribution in [3.63, 3.8) is 0 Å². The van der Waals surface area contributed by atoms with Crippen LogP contribution in [0.4, 0.5) is 0 Å². The number of ether oxygens (including phenoxy) is 2. The van der Waals surface area contributed by atoms with Crippen molar-refractivity contribution in [3.8, 4) is 0 Å². The summed E-state index contributed by atoms with van der Waals surface area (Å²) in [6.45, 7) is 4.39. The molecule has 1 N–H and O–H groups in total. The van der Waals surface area contributed by atoms with Gasteiger partial charge >= 0.3 is 19.8 Å². The van der Waals surface area contributed by atoms with Gasteiger partial charge in [0.15, 0.2) is 6.10 Å². The molecule has 0 fully saturated rings. The van der Waals surface area contributed by atoms with Crippen LogP contribution in [-0.2, 0) is 32.7 Å². The molecule has 10 heteroatoms. The largest absolute Gasteiger partial charge is 0.472 e. The van der Waals surface area contributed by atoms with Crippen molar-refractivity contribution in [3.05, 3.63) is 36.5 Å². The quantitative estimate of drug-likeness (QED) is 0.0213. The third kappa shape index (κ3) is 43.8. The van der Waals surface area contributed by atoms with Crippen LogP contribution in [-0.4, -0.2) is 74.9 Å². The van der Waals surface area contributed by atoms with Gasteiger partial charge in [0.05, 0.1) is 27.7 Å². The van der Waals surface area contributed by atoms with E-state index in [1.54, 1.807) is 0 Å². The lowest BCUT2D eigenvalue weighted by Crippen LogP contribution is -2.37. The average molecular weight is 841 g/mol. The van der Waals surface area contributed by atoms with Gasteiger partial charge in [-0.2, -0.15) is 0 Å². The normalized spacial score (nSPS) is 13.8. The first-order valence-electron chi connectivity index (χ1n) is 23.7. The molecule has 0 aliphatic heterocycles. The van der Waals surface area contributed by atoms with Gasteiger partial charge in [-0.3, -0.25) is 18.6 Å². The topological polar surface area (TPSA) is 108 Å². The van der Waals surface area contributed by atoms with Crippen molar-refractivity contribution in [1.82, 2.24) is 0 Å². The van der Waals surface area contributed by atoms with Crippen molar-refractivity contribution < 1.29 is 42.1 Å². The first kappa shape index (κ1) is 56.2. The number of hydrogen-bond acceptors (Lipinski definition) is 7. The summed E-state index contributed by atoms with van der Waals surface area (Å²) in [7, 11) is 1.47. The Bertz CT molecular complexity index is 1090. The minimum atomic E-state index is -4.38. The highest BCUT2D eigenvalue weighted by Crippen LogP contribution is 2.43. The van der Waals surface area contributed by atoms with Crippen LogP contribution in [0.2, 0.25) is 0 Å². The van der Waals surface area contributed by atoms with E-state index in [0.717, 1.165) is 51.4 Å². The minimum Gasteiger partial charge on any atom is -0.462 e. The Morgan fingerprint density at radius 1 is 0.534 bits per heavy atom. The minimum absolute atomic E-state index is 0.0294. The van der Waals surface area contributed by atoms with Gasteiger partial charge in [-0.15, -0.1) is 0 Å². The number of carbonyl (C=O) groups is 2. The number of unbranched alkanes of at least 4 members (excludes halogenated alkanes) is 23. The predicted molar refractivity (Wildman–Crippen MR) is 243 cm³/mol. The standard InChI is InChI=1S/C48H90NO8P/c1-6-8-10-12-14-16-18-20-22-24-26-28-30-32-34-36-38-40-47(50)54-44-46(45-56-58(52,53)55-43-42-49(3,4)5)57-48(51)41-39-37-35-33-31-29-27-25-23-21-19-17-15-13-11-9-7-2/h15,17,20-23,46H,6-14,16,18-19,24-45H2,1-5H3/p+1/b17-15-,22-20-,23-21-. The third-order valence-electron chi connectivity index (χ3n) is 10.1. The summed E-state index contributed by atoms with van der Waals surface area (Å²) in [4.78, 5) is 35.4. The third-order valence-corrected chi connectivity index (χ3v) is 11.1. The second-order valence-electron chi connectivity index (χ2n) is 17.1. The molecule has 0 aliphatic carbocycles. The number of hydrogen-bond donors (Lipinski definition) is 1. The Morgan fingerprint density at radius 3 is 1.41 bits per heavy atom. The van der Waals surface area contributed by atoms with Crippen molar-refractivity contribution in [2.45, 2.75) is 213 Å². The molecule has 0 aliphatic rings. The van der Waals surface area contributed by atoms with Gasteiger partial charge in [0.25, 0.3) is 0 Å². The number of likely N-dealkylation sites (N-methyl/N-ethyl adjacent to an activating group) is 1. The number of esters is 2. The fourth-order valence-electron chi connectivity index (χ4n) is 6.39. The highest BCUT2D eigenvalue weighted by Gasteiger charge is 2.27. The van der Waals surface area contributed by atoms with Crippen molar-refractivity contribution >= 4 is 19.8 Å². The molecule has 0 heterocycles. The lowest BCUT2D eigenvalue weighted by molar-refractivity contribution is -0.870. The molecule has 0 rings (SSSR count). The fourth-order valence-corrected chi connectivity index (χ4v) is 7.13. The van der Waals surface area contributed by atoms with E-state index in [1.807, 2.05) is 21.1 Å². The van der Waals surface area contributed by atoms with Gasteiger partial charge in [0.2, 0.25) is 0 Å². The zero-order valence-corrected chi connectivity index (χ0v) is 39.2. The Labute approximate surface area is 357 Å². The molecule has 0 radical (unpaired) electrons. The number of allylic oxidation sites excluding steroid dienone is 6. The number of rotatable bonds is 43. The lowest BCUT2D eigenvalue weighted by atomic mass is 10.1. The molecule has 0 amide bonds. The van der Waals surface area contributed by atoms with E-state index in [-0.39, 0.29) is 32.0 Å². The average Bonchev–Trinajstić information content (AvgIpc) is 3.17. The summed E-state index contributed by atoms with van der Waals surface area (Å²) >= 11 is 0. The molecule has 2 atom stereocenters. The van der Waals surface area contributed by atoms with Crippen molar-refractivity contribution in [2.24, 2.45) is 0 Å². The van der Waals surface area contributed by atoms with E-state index < -0.39 is 26.5 Å². The van der Waals surface area contributed by atoms with Gasteiger partial charge in [-0.25, -0.2) is 4.57 Å². The maximum atomic E-state index is 12.7. The SMILES string of the molecule is CCCCC/C=C\C/C=C\CCCCCCCCCC(=O)OC(COC(=O)CCCCCCCCC/C=C\CCCCCCCC)COP(=O)(O)OCC[N+](C)(C)C. The molecule has 0 bridgehead atoms. The predicted octanol–water partition coefficient (Wildman–Crippen LogP) is 13.7. The van der Waals surface area contributed by atoms with Gasteiger partial charge in [0.1, 0.15) is 19.8 Å². The maximum Gasteiger partial charge on any atom is 0.472 e. The van der Waals surface area contributed by atoms with Crippen LogP contribution < -0.4 is 0 Å². The summed E-state index contributed by atoms with van der Waals surface area (Å²) in [6, 6.07) is 0. The van der Waals surface area contributed by atoms with E-state index in [4.69, 9.17) is 18.5 Å². The van der Waals surface area contributed by atoms with Gasteiger partial charge in [0, 0.05) is 12.8 Å². The highest BCUT2D eigenvalue weighted by molar-refractivity contribution is 7.47. The van der Waals surface area contributed by atoms with Gasteiger partial charge < -0.3 is 18.9 Å². The number of phosphoric ester groups is 1. The molecule has 340 valence electrons. The molecule has 0 saturated heterocycles. The maximum absolute atomic E-state index is 12.7. The highest BCUT2D eigenvalue weighted by atomic mass is 31.2. The van der Waals surface area contributed by atoms with Crippen molar-refractivity contribution in [2.75, 3.05) is 47.5 Å². The molecule has 0 spiro atoms. The summed E-state index contributed by atoms with van der Waals surface area (Å²) in [5.74, 6) is -0.809. The van der Waals surface area contributed by atoms with Gasteiger partial charge in [-0.1, -0.05) is 159 Å². The summed E-state index contributed by atoms with van der Waals surface area (Å²) < 4.78 is 34.4. The second-order valence-corrected chi connectivity index (χ2v) is 18.6. The van der Waals surface area contributed by atoms with E-state index in [1.165, 1.54) is 122 Å². The monoisotopic (exact) mass is 841 g/mol. The van der Waals surface area contributed by atoms with Crippen molar-refractivity contribution in [1.29, 1.82) is 0 Å². The molecule has 58 heavy (non-hydrogen) atoms. The van der Waals surface area contributed by atoms with Crippen LogP contribution in [0.3, 0.4) is 0 Å². The number of quaternary nitrogens is 1. The zero-order chi connectivity index (χ0) is 42.8. The molecule has 9 nitrogen and oxygen atoms in total. The first-order chi connectivity index (χ1) is 28.0. The summed E-state index contributed by atoms with van der Waals surface area (Å²) in [5.41, 5.74) is 0. The molecule has 0 saturated carbocycles. The van der Waals surface area contributed by atoms with Crippen LogP contribution in [0.1, 0.15) is 206 Å². The number of phosphoric acid groups is 1. The van der Waals surface area contributed by atoms with Crippen LogP contribution in [0.25, 0.3) is 0 Å². The molecule has 0 aromatic carbocycles. The van der Waals surface area contributed by atoms with Crippen LogP contribution in [0, 0.1) is 0 Å². The van der Waals surface area contributed by atoms with Crippen LogP contribution >= 0.6 is 7.82 Å². The Balaban J connectivity index is 4.33. The Morgan fingerprint density at radius 2 is 0.931 bits per heavy atom. The second kappa shape index (κ2) is 40.6. The number of nitrogens with zero attached hydrogens (tertiary/aromatic N) is 1. The van der Waals surface area contributed by atoms with Gasteiger partial charge in [-0.05, 0) is 70.6 Å². The molecule has 2 unspecified atom stereocenters. The summed E-state index contributed by atoms with van der Waals surface area (Å²) in [5, 5.41) is 0.